The maximum atomic E-state index is 13.9. The maximum absolute atomic E-state index is 13.9. The van der Waals surface area contributed by atoms with Crippen molar-refractivity contribution in [3.8, 4) is 5.75 Å². The fourth-order valence-electron chi connectivity index (χ4n) is 2.97. The van der Waals surface area contributed by atoms with Gasteiger partial charge in [0.05, 0.1) is 23.0 Å². The summed E-state index contributed by atoms with van der Waals surface area (Å²) in [5, 5.41) is -0.721. The highest BCUT2D eigenvalue weighted by molar-refractivity contribution is 7.92. The first-order valence-corrected chi connectivity index (χ1v) is 11.3. The number of sulfone groups is 1. The molecule has 0 unspecified atom stereocenters. The van der Waals surface area contributed by atoms with Crippen molar-refractivity contribution in [3.05, 3.63) is 24.0 Å². The van der Waals surface area contributed by atoms with Gasteiger partial charge >= 0.3 is 0 Å². The highest BCUT2D eigenvalue weighted by atomic mass is 32.2. The van der Waals surface area contributed by atoms with Gasteiger partial charge in [0.15, 0.2) is 21.4 Å². The van der Waals surface area contributed by atoms with Gasteiger partial charge in [0, 0.05) is 13.1 Å². The molecule has 0 amide bonds. The van der Waals surface area contributed by atoms with Crippen LogP contribution in [0.3, 0.4) is 0 Å². The quantitative estimate of drug-likeness (QED) is 0.739. The standard InChI is InChI=1S/C16H24FNO5S2/c1-12(2)11-24(19,20)14-5-4-8-18(10-14)25(21,22)13-6-7-16(23-3)15(17)9-13/h6-7,9,12,14H,4-5,8,10-11H2,1-3H3/t14-/m1/s1. The van der Waals surface area contributed by atoms with Gasteiger partial charge in [-0.25, -0.2) is 21.2 Å². The molecule has 6 nitrogen and oxygen atoms in total. The smallest absolute Gasteiger partial charge is 0.243 e. The summed E-state index contributed by atoms with van der Waals surface area (Å²) in [6, 6.07) is 3.42. The normalized spacial score (nSPS) is 20.0. The molecule has 1 atom stereocenters. The molecule has 142 valence electrons. The number of hydrogen-bond donors (Lipinski definition) is 0. The average Bonchev–Trinajstić information content (AvgIpc) is 2.53. The zero-order valence-electron chi connectivity index (χ0n) is 14.6. The minimum atomic E-state index is -3.96. The fraction of sp³-hybridized carbons (Fsp3) is 0.625. The molecule has 2 rings (SSSR count). The van der Waals surface area contributed by atoms with E-state index in [0.717, 1.165) is 10.4 Å². The van der Waals surface area contributed by atoms with Crippen molar-refractivity contribution >= 4 is 19.9 Å². The number of halogens is 1. The van der Waals surface area contributed by atoms with Crippen molar-refractivity contribution in [2.24, 2.45) is 5.92 Å². The Morgan fingerprint density at radius 3 is 2.52 bits per heavy atom. The highest BCUT2D eigenvalue weighted by Crippen LogP contribution is 2.27. The van der Waals surface area contributed by atoms with E-state index in [2.05, 4.69) is 0 Å². The average molecular weight is 394 g/mol. The molecule has 1 saturated heterocycles. The van der Waals surface area contributed by atoms with Crippen molar-refractivity contribution in [1.29, 1.82) is 0 Å². The number of sulfonamides is 1. The Bertz CT molecular complexity index is 821. The number of ether oxygens (including phenoxy) is 1. The van der Waals surface area contributed by atoms with Crippen LogP contribution in [-0.2, 0) is 19.9 Å². The van der Waals surface area contributed by atoms with Crippen LogP contribution in [0.1, 0.15) is 26.7 Å². The van der Waals surface area contributed by atoms with Crippen LogP contribution in [0.4, 0.5) is 4.39 Å². The van der Waals surface area contributed by atoms with E-state index in [-0.39, 0.29) is 35.4 Å². The van der Waals surface area contributed by atoms with Gasteiger partial charge in [-0.15, -0.1) is 0 Å². The summed E-state index contributed by atoms with van der Waals surface area (Å²) >= 11 is 0. The number of methoxy groups -OCH3 is 1. The largest absolute Gasteiger partial charge is 0.494 e. The second-order valence-corrected chi connectivity index (χ2v) is 10.9. The van der Waals surface area contributed by atoms with E-state index in [9.17, 15) is 21.2 Å². The predicted octanol–water partition coefficient (Wildman–Crippen LogP) is 2.06. The molecule has 1 aromatic rings. The summed E-state index contributed by atoms with van der Waals surface area (Å²) in [6.45, 7) is 3.76. The third kappa shape index (κ3) is 4.51. The number of nitrogens with zero attached hydrogens (tertiary/aromatic N) is 1. The summed E-state index contributed by atoms with van der Waals surface area (Å²) in [5.74, 6) is -0.810. The van der Waals surface area contributed by atoms with E-state index in [4.69, 9.17) is 4.74 Å². The molecule has 0 aromatic heterocycles. The lowest BCUT2D eigenvalue weighted by Crippen LogP contribution is -2.46. The van der Waals surface area contributed by atoms with Crippen LogP contribution in [0.25, 0.3) is 0 Å². The van der Waals surface area contributed by atoms with Crippen molar-refractivity contribution in [3.63, 3.8) is 0 Å². The summed E-state index contributed by atoms with van der Waals surface area (Å²) in [5.41, 5.74) is 0. The van der Waals surface area contributed by atoms with E-state index in [1.165, 1.54) is 19.2 Å². The first-order valence-electron chi connectivity index (χ1n) is 8.13. The molecule has 9 heteroatoms. The number of rotatable bonds is 6. The molecule has 1 fully saturated rings. The topological polar surface area (TPSA) is 80.8 Å². The molecular weight excluding hydrogens is 369 g/mol. The Hall–Kier alpha value is -1.19. The predicted molar refractivity (Wildman–Crippen MR) is 93.4 cm³/mol. The van der Waals surface area contributed by atoms with Crippen LogP contribution < -0.4 is 4.74 Å². The summed E-state index contributed by atoms with van der Waals surface area (Å²) in [4.78, 5) is -0.201. The van der Waals surface area contributed by atoms with Crippen molar-refractivity contribution in [1.82, 2.24) is 4.31 Å². The van der Waals surface area contributed by atoms with Gasteiger partial charge in [-0.2, -0.15) is 4.31 Å². The Morgan fingerprint density at radius 2 is 1.96 bits per heavy atom. The first kappa shape index (κ1) is 20.1. The molecule has 1 heterocycles. The van der Waals surface area contributed by atoms with Gasteiger partial charge in [-0.05, 0) is 37.0 Å². The molecule has 1 aromatic carbocycles. The molecule has 25 heavy (non-hydrogen) atoms. The lowest BCUT2D eigenvalue weighted by Gasteiger charge is -2.32. The van der Waals surface area contributed by atoms with Crippen molar-refractivity contribution in [2.45, 2.75) is 36.8 Å². The maximum Gasteiger partial charge on any atom is 0.243 e. The molecule has 1 aliphatic heterocycles. The monoisotopic (exact) mass is 393 g/mol. The summed E-state index contributed by atoms with van der Waals surface area (Å²) < 4.78 is 70.2. The van der Waals surface area contributed by atoms with E-state index in [0.29, 0.717) is 12.8 Å². The van der Waals surface area contributed by atoms with E-state index in [1.54, 1.807) is 0 Å². The Labute approximate surface area is 149 Å². The molecular formula is C16H24FNO5S2. The molecule has 0 aliphatic carbocycles. The Balaban J connectivity index is 2.26. The number of hydrogen-bond acceptors (Lipinski definition) is 5. The van der Waals surface area contributed by atoms with Crippen molar-refractivity contribution < 1.29 is 26.0 Å². The summed E-state index contributed by atoms with van der Waals surface area (Å²) in [7, 11) is -6.04. The Morgan fingerprint density at radius 1 is 1.28 bits per heavy atom. The van der Waals surface area contributed by atoms with Crippen LogP contribution in [0.15, 0.2) is 23.1 Å². The number of benzene rings is 1. The number of piperidine rings is 1. The van der Waals surface area contributed by atoms with Gasteiger partial charge in [0.1, 0.15) is 0 Å². The highest BCUT2D eigenvalue weighted by Gasteiger charge is 2.36. The van der Waals surface area contributed by atoms with Gasteiger partial charge in [0.2, 0.25) is 10.0 Å². The first-order chi connectivity index (χ1) is 11.6. The van der Waals surface area contributed by atoms with Gasteiger partial charge < -0.3 is 4.74 Å². The molecule has 0 radical (unpaired) electrons. The molecule has 0 bridgehead atoms. The Kier molecular flexibility index (Phi) is 6.11. The SMILES string of the molecule is COc1ccc(S(=O)(=O)N2CCC[C@@H](S(=O)(=O)CC(C)C)C2)cc1F. The molecule has 0 saturated carbocycles. The minimum Gasteiger partial charge on any atom is -0.494 e. The second kappa shape index (κ2) is 7.59. The molecule has 1 aliphatic rings. The van der Waals surface area contributed by atoms with E-state index in [1.807, 2.05) is 13.8 Å². The van der Waals surface area contributed by atoms with E-state index < -0.39 is 30.9 Å². The van der Waals surface area contributed by atoms with Crippen LogP contribution >= 0.6 is 0 Å². The van der Waals surface area contributed by atoms with Crippen LogP contribution in [0.2, 0.25) is 0 Å². The second-order valence-electron chi connectivity index (χ2n) is 6.65. The van der Waals surface area contributed by atoms with E-state index >= 15 is 0 Å². The van der Waals surface area contributed by atoms with Crippen LogP contribution in [0.5, 0.6) is 5.75 Å². The van der Waals surface area contributed by atoms with Gasteiger partial charge in [-0.1, -0.05) is 13.8 Å². The summed E-state index contributed by atoms with van der Waals surface area (Å²) in [6.07, 6.45) is 0.901. The molecule has 0 spiro atoms. The zero-order valence-corrected chi connectivity index (χ0v) is 16.2. The lowest BCUT2D eigenvalue weighted by atomic mass is 10.2. The van der Waals surface area contributed by atoms with Crippen LogP contribution in [-0.4, -0.2) is 52.3 Å². The van der Waals surface area contributed by atoms with Gasteiger partial charge in [0.25, 0.3) is 0 Å². The fourth-order valence-corrected chi connectivity index (χ4v) is 6.74. The lowest BCUT2D eigenvalue weighted by molar-refractivity contribution is 0.345. The molecule has 0 N–H and O–H groups in total. The third-order valence-electron chi connectivity index (χ3n) is 4.18. The zero-order chi connectivity index (χ0) is 18.8. The third-order valence-corrected chi connectivity index (χ3v) is 8.57. The van der Waals surface area contributed by atoms with Gasteiger partial charge in [-0.3, -0.25) is 0 Å². The van der Waals surface area contributed by atoms with Crippen LogP contribution in [0, 0.1) is 11.7 Å². The minimum absolute atomic E-state index is 0.0207. The van der Waals surface area contributed by atoms with Crippen molar-refractivity contribution in [2.75, 3.05) is 26.0 Å².